The minimum atomic E-state index is -0.765. The van der Waals surface area contributed by atoms with Gasteiger partial charge in [-0.25, -0.2) is 14.4 Å². The van der Waals surface area contributed by atoms with Gasteiger partial charge in [0.05, 0.1) is 0 Å². The molecule has 3 aromatic rings. The van der Waals surface area contributed by atoms with Crippen LogP contribution < -0.4 is 19.9 Å². The molecule has 31 heavy (non-hydrogen) atoms. The molecule has 0 spiro atoms. The van der Waals surface area contributed by atoms with Crippen LogP contribution in [0.4, 0.5) is 21.7 Å². The molecular formula is C23H24FN5O2. The normalized spacial score (nSPS) is 14.8. The number of nitrogens with zero attached hydrogens (tertiary/aromatic N) is 4. The van der Waals surface area contributed by atoms with Crippen molar-refractivity contribution in [2.75, 3.05) is 41.3 Å². The number of nitrogens with one attached hydrogen (secondary N) is 1. The van der Waals surface area contributed by atoms with Crippen molar-refractivity contribution in [1.82, 2.24) is 9.97 Å². The molecule has 8 heteroatoms. The van der Waals surface area contributed by atoms with Gasteiger partial charge in [-0.2, -0.15) is 0 Å². The number of aromatic nitrogens is 2. The number of piperazine rings is 1. The van der Waals surface area contributed by atoms with E-state index in [1.165, 1.54) is 36.3 Å². The number of halogens is 1. The zero-order valence-corrected chi connectivity index (χ0v) is 17.2. The predicted molar refractivity (Wildman–Crippen MR) is 118 cm³/mol. The molecule has 2 heterocycles. The number of rotatable bonds is 6. The molecule has 160 valence electrons. The number of amides is 1. The van der Waals surface area contributed by atoms with Crippen LogP contribution in [-0.4, -0.2) is 48.2 Å². The summed E-state index contributed by atoms with van der Waals surface area (Å²) in [6.45, 7) is 5.05. The zero-order chi connectivity index (χ0) is 21.6. The Balaban J connectivity index is 1.34. The highest BCUT2D eigenvalue weighted by atomic mass is 19.1. The Labute approximate surface area is 180 Å². The Kier molecular flexibility index (Phi) is 6.26. The highest BCUT2D eigenvalue weighted by molar-refractivity contribution is 5.93. The van der Waals surface area contributed by atoms with Gasteiger partial charge in [-0.05, 0) is 43.3 Å². The molecule has 0 bridgehead atoms. The minimum Gasteiger partial charge on any atom is -0.481 e. The molecule has 1 N–H and O–H groups in total. The van der Waals surface area contributed by atoms with Crippen molar-refractivity contribution in [3.63, 3.8) is 0 Å². The molecule has 4 rings (SSSR count). The van der Waals surface area contributed by atoms with Crippen molar-refractivity contribution in [2.45, 2.75) is 13.0 Å². The van der Waals surface area contributed by atoms with E-state index in [9.17, 15) is 9.18 Å². The van der Waals surface area contributed by atoms with Crippen molar-refractivity contribution < 1.29 is 13.9 Å². The van der Waals surface area contributed by atoms with E-state index < -0.39 is 6.10 Å². The monoisotopic (exact) mass is 421 g/mol. The Morgan fingerprint density at radius 3 is 2.39 bits per heavy atom. The van der Waals surface area contributed by atoms with E-state index in [0.29, 0.717) is 11.6 Å². The SMILES string of the molecule is CC(Oc1ccc(F)cc1)C(=O)Nc1cc(N2CCN(c3ccccc3)CC2)ncn1. The number of benzene rings is 2. The summed E-state index contributed by atoms with van der Waals surface area (Å²) in [6, 6.07) is 17.6. The topological polar surface area (TPSA) is 70.6 Å². The second-order valence-electron chi connectivity index (χ2n) is 7.27. The molecule has 0 saturated carbocycles. The number of carbonyl (C=O) groups excluding carboxylic acids is 1. The van der Waals surface area contributed by atoms with Gasteiger partial charge in [-0.3, -0.25) is 4.79 Å². The summed E-state index contributed by atoms with van der Waals surface area (Å²) in [5.41, 5.74) is 1.22. The van der Waals surface area contributed by atoms with Gasteiger partial charge in [0, 0.05) is 37.9 Å². The summed E-state index contributed by atoms with van der Waals surface area (Å²) in [7, 11) is 0. The molecule has 0 aliphatic carbocycles. The van der Waals surface area contributed by atoms with E-state index in [0.717, 1.165) is 32.0 Å². The maximum absolute atomic E-state index is 13.0. The van der Waals surface area contributed by atoms with Crippen molar-refractivity contribution >= 4 is 23.2 Å². The molecule has 1 amide bonds. The Morgan fingerprint density at radius 2 is 1.68 bits per heavy atom. The van der Waals surface area contributed by atoms with Gasteiger partial charge in [0.2, 0.25) is 0 Å². The van der Waals surface area contributed by atoms with Crippen molar-refractivity contribution in [3.05, 3.63) is 72.8 Å². The van der Waals surface area contributed by atoms with Gasteiger partial charge in [0.1, 0.15) is 29.5 Å². The third-order valence-electron chi connectivity index (χ3n) is 5.12. The maximum atomic E-state index is 13.0. The lowest BCUT2D eigenvalue weighted by atomic mass is 10.2. The zero-order valence-electron chi connectivity index (χ0n) is 17.2. The first-order valence-electron chi connectivity index (χ1n) is 10.2. The molecular weight excluding hydrogens is 397 g/mol. The molecule has 1 aromatic heterocycles. The van der Waals surface area contributed by atoms with E-state index in [2.05, 4.69) is 37.2 Å². The minimum absolute atomic E-state index is 0.345. The van der Waals surface area contributed by atoms with E-state index in [4.69, 9.17) is 4.74 Å². The van der Waals surface area contributed by atoms with Crippen LogP contribution in [0.15, 0.2) is 67.0 Å². The average molecular weight is 421 g/mol. The molecule has 2 aromatic carbocycles. The smallest absolute Gasteiger partial charge is 0.266 e. The second kappa shape index (κ2) is 9.42. The molecule has 1 aliphatic heterocycles. The third-order valence-corrected chi connectivity index (χ3v) is 5.12. The van der Waals surface area contributed by atoms with Crippen LogP contribution in [0, 0.1) is 5.82 Å². The lowest BCUT2D eigenvalue weighted by molar-refractivity contribution is -0.122. The highest BCUT2D eigenvalue weighted by Crippen LogP contribution is 2.20. The number of anilines is 3. The Bertz CT molecular complexity index is 1010. The fraction of sp³-hybridized carbons (Fsp3) is 0.261. The van der Waals surface area contributed by atoms with Gasteiger partial charge >= 0.3 is 0 Å². The highest BCUT2D eigenvalue weighted by Gasteiger charge is 2.20. The van der Waals surface area contributed by atoms with Crippen LogP contribution in [0.1, 0.15) is 6.92 Å². The number of carbonyl (C=O) groups is 1. The summed E-state index contributed by atoms with van der Waals surface area (Å²) in [5.74, 6) is 0.898. The Hall–Kier alpha value is -3.68. The summed E-state index contributed by atoms with van der Waals surface area (Å²) in [6.07, 6.45) is 0.679. The molecule has 1 aliphatic rings. The van der Waals surface area contributed by atoms with E-state index >= 15 is 0 Å². The summed E-state index contributed by atoms with van der Waals surface area (Å²) in [4.78, 5) is 25.5. The van der Waals surface area contributed by atoms with Crippen LogP contribution in [0.2, 0.25) is 0 Å². The van der Waals surface area contributed by atoms with Crippen LogP contribution in [0.5, 0.6) is 5.75 Å². The van der Waals surface area contributed by atoms with Gasteiger partial charge in [0.15, 0.2) is 6.10 Å². The quantitative estimate of drug-likeness (QED) is 0.658. The standard InChI is InChI=1S/C23H24FN5O2/c1-17(31-20-9-7-18(24)8-10-20)23(30)27-21-15-22(26-16-25-21)29-13-11-28(12-14-29)19-5-3-2-4-6-19/h2-10,15-17H,11-14H2,1H3,(H,25,26,27,30). The lowest BCUT2D eigenvalue weighted by Gasteiger charge is -2.36. The molecule has 0 radical (unpaired) electrons. The first-order valence-corrected chi connectivity index (χ1v) is 10.2. The third kappa shape index (κ3) is 5.28. The molecule has 1 fully saturated rings. The molecule has 1 saturated heterocycles. The average Bonchev–Trinajstić information content (AvgIpc) is 2.81. The number of para-hydroxylation sites is 1. The maximum Gasteiger partial charge on any atom is 0.266 e. The fourth-order valence-corrected chi connectivity index (χ4v) is 3.42. The first kappa shape index (κ1) is 20.6. The lowest BCUT2D eigenvalue weighted by Crippen LogP contribution is -2.46. The number of hydrogen-bond acceptors (Lipinski definition) is 6. The van der Waals surface area contributed by atoms with Gasteiger partial charge in [0.25, 0.3) is 5.91 Å². The second-order valence-corrected chi connectivity index (χ2v) is 7.27. The van der Waals surface area contributed by atoms with E-state index in [-0.39, 0.29) is 11.7 Å². The van der Waals surface area contributed by atoms with Crippen LogP contribution in [0.25, 0.3) is 0 Å². The molecule has 1 unspecified atom stereocenters. The van der Waals surface area contributed by atoms with Gasteiger partial charge in [-0.1, -0.05) is 18.2 Å². The first-order chi connectivity index (χ1) is 15.1. The summed E-state index contributed by atoms with van der Waals surface area (Å²) in [5, 5.41) is 2.76. The predicted octanol–water partition coefficient (Wildman–Crippen LogP) is 3.35. The molecule has 7 nitrogen and oxygen atoms in total. The van der Waals surface area contributed by atoms with Crippen LogP contribution >= 0.6 is 0 Å². The van der Waals surface area contributed by atoms with Crippen molar-refractivity contribution in [3.8, 4) is 5.75 Å². The largest absolute Gasteiger partial charge is 0.481 e. The fourth-order valence-electron chi connectivity index (χ4n) is 3.42. The number of hydrogen-bond donors (Lipinski definition) is 1. The Morgan fingerprint density at radius 1 is 1.00 bits per heavy atom. The van der Waals surface area contributed by atoms with Crippen LogP contribution in [0.3, 0.4) is 0 Å². The number of ether oxygens (including phenoxy) is 1. The van der Waals surface area contributed by atoms with Crippen molar-refractivity contribution in [1.29, 1.82) is 0 Å². The van der Waals surface area contributed by atoms with Crippen LogP contribution in [-0.2, 0) is 4.79 Å². The van der Waals surface area contributed by atoms with Gasteiger partial charge < -0.3 is 19.9 Å². The molecule has 1 atom stereocenters. The van der Waals surface area contributed by atoms with Gasteiger partial charge in [-0.15, -0.1) is 0 Å². The van der Waals surface area contributed by atoms with E-state index in [1.807, 2.05) is 18.2 Å². The summed E-state index contributed by atoms with van der Waals surface area (Å²) >= 11 is 0. The van der Waals surface area contributed by atoms with E-state index in [1.54, 1.807) is 13.0 Å². The van der Waals surface area contributed by atoms with Crippen molar-refractivity contribution in [2.24, 2.45) is 0 Å². The summed E-state index contributed by atoms with van der Waals surface area (Å²) < 4.78 is 18.6.